The van der Waals surface area contributed by atoms with Crippen molar-refractivity contribution < 1.29 is 14.7 Å². The van der Waals surface area contributed by atoms with E-state index in [9.17, 15) is 14.7 Å². The van der Waals surface area contributed by atoms with Gasteiger partial charge in [-0.2, -0.15) is 0 Å². The fraction of sp³-hybridized carbons (Fsp3) is 0.867. The van der Waals surface area contributed by atoms with Crippen LogP contribution in [0, 0.1) is 11.3 Å². The van der Waals surface area contributed by atoms with Gasteiger partial charge in [-0.15, -0.1) is 0 Å². The summed E-state index contributed by atoms with van der Waals surface area (Å²) in [5, 5.41) is 11.9. The third-order valence-corrected chi connectivity index (χ3v) is 3.87. The van der Waals surface area contributed by atoms with E-state index >= 15 is 0 Å². The van der Waals surface area contributed by atoms with Gasteiger partial charge in [0.1, 0.15) is 6.04 Å². The van der Waals surface area contributed by atoms with Crippen molar-refractivity contribution in [2.24, 2.45) is 11.3 Å². The molecule has 0 aromatic carbocycles. The molecule has 1 fully saturated rings. The van der Waals surface area contributed by atoms with E-state index in [1.54, 1.807) is 0 Å². The van der Waals surface area contributed by atoms with Crippen LogP contribution in [0.1, 0.15) is 65.7 Å². The molecule has 1 atom stereocenters. The van der Waals surface area contributed by atoms with Crippen molar-refractivity contribution in [3.8, 4) is 0 Å². The van der Waals surface area contributed by atoms with Gasteiger partial charge >= 0.3 is 5.97 Å². The summed E-state index contributed by atoms with van der Waals surface area (Å²) in [6, 6.07) is -0.814. The van der Waals surface area contributed by atoms with E-state index in [1.807, 2.05) is 20.8 Å². The predicted molar refractivity (Wildman–Crippen MR) is 74.8 cm³/mol. The highest BCUT2D eigenvalue weighted by molar-refractivity contribution is 5.84. The summed E-state index contributed by atoms with van der Waals surface area (Å²) in [4.78, 5) is 23.2. The smallest absolute Gasteiger partial charge is 0.326 e. The molecule has 0 heterocycles. The fourth-order valence-electron chi connectivity index (χ4n) is 2.70. The minimum atomic E-state index is -0.957. The second-order valence-corrected chi connectivity index (χ2v) is 6.77. The van der Waals surface area contributed by atoms with Crippen LogP contribution in [-0.2, 0) is 9.59 Å². The van der Waals surface area contributed by atoms with Gasteiger partial charge in [-0.05, 0) is 24.2 Å². The Balaban J connectivity index is 2.50. The number of carboxylic acid groups (broad SMARTS) is 1. The highest BCUT2D eigenvalue weighted by Crippen LogP contribution is 2.26. The Morgan fingerprint density at radius 1 is 1.16 bits per heavy atom. The first-order valence-corrected chi connectivity index (χ1v) is 7.33. The fourth-order valence-corrected chi connectivity index (χ4v) is 2.70. The maximum absolute atomic E-state index is 12.0. The molecule has 0 aromatic heterocycles. The van der Waals surface area contributed by atoms with Crippen LogP contribution in [0.5, 0.6) is 0 Å². The van der Waals surface area contributed by atoms with Gasteiger partial charge in [-0.1, -0.05) is 46.5 Å². The van der Waals surface area contributed by atoms with Crippen LogP contribution in [0.4, 0.5) is 0 Å². The van der Waals surface area contributed by atoms with Crippen molar-refractivity contribution in [3.63, 3.8) is 0 Å². The highest BCUT2D eigenvalue weighted by Gasteiger charge is 2.32. The zero-order valence-electron chi connectivity index (χ0n) is 12.4. The maximum Gasteiger partial charge on any atom is 0.326 e. The zero-order chi connectivity index (χ0) is 14.5. The molecule has 4 nitrogen and oxygen atoms in total. The molecular formula is C15H27NO3. The number of carbonyl (C=O) groups is 2. The largest absolute Gasteiger partial charge is 0.480 e. The highest BCUT2D eigenvalue weighted by atomic mass is 16.4. The van der Waals surface area contributed by atoms with Gasteiger partial charge in [0.05, 0.1) is 0 Å². The predicted octanol–water partition coefficient (Wildman–Crippen LogP) is 2.96. The Kier molecular flexibility index (Phi) is 5.83. The van der Waals surface area contributed by atoms with Crippen LogP contribution in [-0.4, -0.2) is 23.0 Å². The SMILES string of the molecule is CC(C)(C)C(NC(=O)CC1CCCCCC1)C(=O)O. The molecule has 19 heavy (non-hydrogen) atoms. The van der Waals surface area contributed by atoms with Gasteiger partial charge in [-0.3, -0.25) is 4.79 Å². The maximum atomic E-state index is 12.0. The van der Waals surface area contributed by atoms with Crippen LogP contribution >= 0.6 is 0 Å². The number of hydrogen-bond donors (Lipinski definition) is 2. The first-order valence-electron chi connectivity index (χ1n) is 7.33. The van der Waals surface area contributed by atoms with Crippen LogP contribution < -0.4 is 5.32 Å². The molecule has 1 aliphatic rings. The summed E-state index contributed by atoms with van der Waals surface area (Å²) in [6.45, 7) is 5.49. The lowest BCUT2D eigenvalue weighted by Crippen LogP contribution is -2.49. The summed E-state index contributed by atoms with van der Waals surface area (Å²) in [7, 11) is 0. The second-order valence-electron chi connectivity index (χ2n) is 6.77. The first-order chi connectivity index (χ1) is 8.80. The molecule has 2 N–H and O–H groups in total. The van der Waals surface area contributed by atoms with Crippen molar-refractivity contribution in [2.75, 3.05) is 0 Å². The standard InChI is InChI=1S/C15H27NO3/c1-15(2,3)13(14(18)19)16-12(17)10-11-8-6-4-5-7-9-11/h11,13H,4-10H2,1-3H3,(H,16,17)(H,18,19). The number of carbonyl (C=O) groups excluding carboxylic acids is 1. The third-order valence-electron chi connectivity index (χ3n) is 3.87. The molecule has 0 spiro atoms. The Hall–Kier alpha value is -1.06. The molecule has 1 amide bonds. The average molecular weight is 269 g/mol. The molecule has 1 aliphatic carbocycles. The molecule has 0 aliphatic heterocycles. The summed E-state index contributed by atoms with van der Waals surface area (Å²) < 4.78 is 0. The van der Waals surface area contributed by atoms with Crippen LogP contribution in [0.25, 0.3) is 0 Å². The minimum absolute atomic E-state index is 0.116. The molecule has 110 valence electrons. The molecular weight excluding hydrogens is 242 g/mol. The van der Waals surface area contributed by atoms with Crippen molar-refractivity contribution in [1.29, 1.82) is 0 Å². The zero-order valence-corrected chi connectivity index (χ0v) is 12.4. The number of amides is 1. The number of carboxylic acids is 1. The van der Waals surface area contributed by atoms with Gasteiger partial charge in [0.15, 0.2) is 0 Å². The number of rotatable bonds is 4. The van der Waals surface area contributed by atoms with Crippen LogP contribution in [0.2, 0.25) is 0 Å². The lowest BCUT2D eigenvalue weighted by Gasteiger charge is -2.28. The van der Waals surface area contributed by atoms with Crippen molar-refractivity contribution in [2.45, 2.75) is 71.8 Å². The average Bonchev–Trinajstić information content (AvgIpc) is 2.52. The third kappa shape index (κ3) is 5.62. The van der Waals surface area contributed by atoms with E-state index in [0.717, 1.165) is 12.8 Å². The van der Waals surface area contributed by atoms with Crippen molar-refractivity contribution >= 4 is 11.9 Å². The van der Waals surface area contributed by atoms with E-state index in [1.165, 1.54) is 25.7 Å². The summed E-state index contributed by atoms with van der Waals surface area (Å²) in [5.41, 5.74) is -0.467. The monoisotopic (exact) mass is 269 g/mol. The summed E-state index contributed by atoms with van der Waals surface area (Å²) in [6.07, 6.45) is 7.58. The topological polar surface area (TPSA) is 66.4 Å². The molecule has 1 unspecified atom stereocenters. The molecule has 0 saturated heterocycles. The number of hydrogen-bond acceptors (Lipinski definition) is 2. The number of aliphatic carboxylic acids is 1. The van der Waals surface area contributed by atoms with Crippen LogP contribution in [0.3, 0.4) is 0 Å². The Labute approximate surface area is 116 Å². The van der Waals surface area contributed by atoms with Crippen molar-refractivity contribution in [1.82, 2.24) is 5.32 Å². The molecule has 1 saturated carbocycles. The lowest BCUT2D eigenvalue weighted by atomic mass is 9.86. The Bertz CT molecular complexity index is 312. The van der Waals surface area contributed by atoms with E-state index < -0.39 is 17.4 Å². The first kappa shape index (κ1) is 16.0. The van der Waals surface area contributed by atoms with Crippen LogP contribution in [0.15, 0.2) is 0 Å². The molecule has 0 aromatic rings. The lowest BCUT2D eigenvalue weighted by molar-refractivity contribution is -0.145. The van der Waals surface area contributed by atoms with Gasteiger partial charge in [0.2, 0.25) is 5.91 Å². The van der Waals surface area contributed by atoms with Gasteiger partial charge in [-0.25, -0.2) is 4.79 Å². The Morgan fingerprint density at radius 3 is 2.11 bits per heavy atom. The summed E-state index contributed by atoms with van der Waals surface area (Å²) >= 11 is 0. The molecule has 1 rings (SSSR count). The summed E-state index contributed by atoms with van der Waals surface area (Å²) in [5.74, 6) is -0.646. The van der Waals surface area contributed by atoms with Gasteiger partial charge in [0, 0.05) is 6.42 Å². The van der Waals surface area contributed by atoms with E-state index in [-0.39, 0.29) is 5.91 Å². The quantitative estimate of drug-likeness (QED) is 0.771. The van der Waals surface area contributed by atoms with Gasteiger partial charge in [0.25, 0.3) is 0 Å². The van der Waals surface area contributed by atoms with Gasteiger partial charge < -0.3 is 10.4 Å². The van der Waals surface area contributed by atoms with E-state index in [0.29, 0.717) is 12.3 Å². The number of nitrogens with one attached hydrogen (secondary N) is 1. The minimum Gasteiger partial charge on any atom is -0.480 e. The molecule has 0 bridgehead atoms. The van der Waals surface area contributed by atoms with Crippen molar-refractivity contribution in [3.05, 3.63) is 0 Å². The second kappa shape index (κ2) is 6.92. The van der Waals surface area contributed by atoms with E-state index in [2.05, 4.69) is 5.32 Å². The van der Waals surface area contributed by atoms with E-state index in [4.69, 9.17) is 0 Å². The molecule has 0 radical (unpaired) electrons. The Morgan fingerprint density at radius 2 is 1.68 bits per heavy atom. The normalized spacial score (nSPS) is 19.5. The molecule has 4 heteroatoms.